The molecule has 3 atom stereocenters. The van der Waals surface area contributed by atoms with E-state index in [1.54, 1.807) is 0 Å². The van der Waals surface area contributed by atoms with Gasteiger partial charge in [-0.15, -0.1) is 0 Å². The van der Waals surface area contributed by atoms with E-state index in [0.29, 0.717) is 12.1 Å². The molecule has 2 aliphatic rings. The maximum atomic E-state index is 3.83. The van der Waals surface area contributed by atoms with E-state index in [0.717, 1.165) is 6.04 Å². The number of nitrogens with zero attached hydrogens (tertiary/aromatic N) is 1. The van der Waals surface area contributed by atoms with Crippen LogP contribution in [0.4, 0.5) is 0 Å². The maximum Gasteiger partial charge on any atom is 0.0295 e. The lowest BCUT2D eigenvalue weighted by molar-refractivity contribution is 0.291. The predicted molar refractivity (Wildman–Crippen MR) is 78.7 cm³/mol. The van der Waals surface area contributed by atoms with E-state index in [1.807, 2.05) is 0 Å². The lowest BCUT2D eigenvalue weighted by Crippen LogP contribution is -2.40. The number of fused-ring (bicyclic) bond motifs is 1. The third-order valence-electron chi connectivity index (χ3n) is 4.42. The Labute approximate surface area is 118 Å². The van der Waals surface area contributed by atoms with Crippen molar-refractivity contribution in [3.8, 4) is 0 Å². The van der Waals surface area contributed by atoms with Crippen molar-refractivity contribution in [1.29, 1.82) is 0 Å². The van der Waals surface area contributed by atoms with Crippen LogP contribution < -0.4 is 5.32 Å². The summed E-state index contributed by atoms with van der Waals surface area (Å²) < 4.78 is 1.17. The van der Waals surface area contributed by atoms with E-state index < -0.39 is 0 Å². The summed E-state index contributed by atoms with van der Waals surface area (Å²) in [5, 5.41) is 3.83. The van der Waals surface area contributed by atoms with Gasteiger partial charge in [0.05, 0.1) is 0 Å². The predicted octanol–water partition coefficient (Wildman–Crippen LogP) is 3.34. The molecule has 1 aromatic carbocycles. The smallest absolute Gasteiger partial charge is 0.0295 e. The van der Waals surface area contributed by atoms with Gasteiger partial charge in [-0.1, -0.05) is 28.1 Å². The van der Waals surface area contributed by atoms with Crippen LogP contribution in [0, 0.1) is 0 Å². The molecule has 0 aromatic heterocycles. The molecule has 1 aromatic rings. The molecule has 3 unspecified atom stereocenters. The van der Waals surface area contributed by atoms with Gasteiger partial charge in [-0.3, -0.25) is 4.90 Å². The van der Waals surface area contributed by atoms with Crippen molar-refractivity contribution in [1.82, 2.24) is 10.2 Å². The van der Waals surface area contributed by atoms with Crippen LogP contribution in [-0.4, -0.2) is 30.1 Å². The van der Waals surface area contributed by atoms with E-state index in [-0.39, 0.29) is 0 Å². The second kappa shape index (κ2) is 5.32. The number of benzene rings is 1. The van der Waals surface area contributed by atoms with E-state index in [4.69, 9.17) is 0 Å². The highest BCUT2D eigenvalue weighted by molar-refractivity contribution is 9.10. The summed E-state index contributed by atoms with van der Waals surface area (Å²) in [5.74, 6) is 0. The lowest BCUT2D eigenvalue weighted by Gasteiger charge is -2.25. The number of nitrogens with one attached hydrogen (secondary N) is 1. The Morgan fingerprint density at radius 1 is 1.33 bits per heavy atom. The van der Waals surface area contributed by atoms with Crippen LogP contribution in [0.5, 0.6) is 0 Å². The first-order valence-corrected chi connectivity index (χ1v) is 7.79. The molecule has 98 valence electrons. The van der Waals surface area contributed by atoms with Crippen LogP contribution in [0.25, 0.3) is 0 Å². The van der Waals surface area contributed by atoms with Gasteiger partial charge in [-0.2, -0.15) is 0 Å². The molecule has 0 bridgehead atoms. The first-order valence-electron chi connectivity index (χ1n) is 6.99. The van der Waals surface area contributed by atoms with Crippen molar-refractivity contribution < 1.29 is 0 Å². The van der Waals surface area contributed by atoms with Gasteiger partial charge < -0.3 is 5.32 Å². The van der Waals surface area contributed by atoms with E-state index >= 15 is 0 Å². The molecule has 0 aliphatic carbocycles. The average Bonchev–Trinajstić information content (AvgIpc) is 2.94. The summed E-state index contributed by atoms with van der Waals surface area (Å²) in [4.78, 5) is 2.66. The number of halogens is 1. The zero-order valence-corrected chi connectivity index (χ0v) is 12.5. The topological polar surface area (TPSA) is 15.3 Å². The maximum absolute atomic E-state index is 3.83. The number of rotatable bonds is 3. The molecule has 2 fully saturated rings. The molecule has 0 radical (unpaired) electrons. The molecule has 0 amide bonds. The monoisotopic (exact) mass is 308 g/mol. The molecule has 2 nitrogen and oxygen atoms in total. The van der Waals surface area contributed by atoms with Crippen molar-refractivity contribution in [3.05, 3.63) is 34.3 Å². The summed E-state index contributed by atoms with van der Waals surface area (Å²) in [6.45, 7) is 4.88. The molecule has 0 saturated carbocycles. The third-order valence-corrected chi connectivity index (χ3v) is 4.91. The van der Waals surface area contributed by atoms with Gasteiger partial charge in [0.15, 0.2) is 0 Å². The molecule has 18 heavy (non-hydrogen) atoms. The summed E-state index contributed by atoms with van der Waals surface area (Å²) >= 11 is 3.55. The van der Waals surface area contributed by atoms with Gasteiger partial charge in [0.25, 0.3) is 0 Å². The van der Waals surface area contributed by atoms with E-state index in [1.165, 1.54) is 42.4 Å². The summed E-state index contributed by atoms with van der Waals surface area (Å²) in [7, 11) is 0. The minimum Gasteiger partial charge on any atom is -0.306 e. The van der Waals surface area contributed by atoms with Crippen molar-refractivity contribution in [2.45, 2.75) is 44.3 Å². The molecule has 2 heterocycles. The lowest BCUT2D eigenvalue weighted by atomic mass is 10.0. The van der Waals surface area contributed by atoms with Crippen LogP contribution in [0.3, 0.4) is 0 Å². The Morgan fingerprint density at radius 2 is 2.22 bits per heavy atom. The van der Waals surface area contributed by atoms with Crippen molar-refractivity contribution in [3.63, 3.8) is 0 Å². The Hall–Kier alpha value is -0.380. The van der Waals surface area contributed by atoms with Crippen molar-refractivity contribution in [2.24, 2.45) is 0 Å². The molecule has 0 spiro atoms. The zero-order valence-electron chi connectivity index (χ0n) is 10.9. The second-order valence-electron chi connectivity index (χ2n) is 5.58. The molecule has 3 heteroatoms. The van der Waals surface area contributed by atoms with Crippen LogP contribution in [0.2, 0.25) is 0 Å². The highest BCUT2D eigenvalue weighted by Crippen LogP contribution is 2.29. The summed E-state index contributed by atoms with van der Waals surface area (Å²) in [6.07, 6.45) is 4.07. The van der Waals surface area contributed by atoms with Crippen molar-refractivity contribution >= 4 is 15.9 Å². The highest BCUT2D eigenvalue weighted by atomic mass is 79.9. The number of hydrogen-bond acceptors (Lipinski definition) is 2. The Morgan fingerprint density at radius 3 is 3.06 bits per heavy atom. The van der Waals surface area contributed by atoms with Gasteiger partial charge in [0.2, 0.25) is 0 Å². The molecular weight excluding hydrogens is 288 g/mol. The average molecular weight is 309 g/mol. The fourth-order valence-electron chi connectivity index (χ4n) is 3.47. The molecule has 2 aliphatic heterocycles. The molecular formula is C15H21BrN2. The zero-order chi connectivity index (χ0) is 12.5. The van der Waals surface area contributed by atoms with E-state index in [9.17, 15) is 0 Å². The molecule has 1 N–H and O–H groups in total. The quantitative estimate of drug-likeness (QED) is 0.921. The fraction of sp³-hybridized carbons (Fsp3) is 0.600. The van der Waals surface area contributed by atoms with Gasteiger partial charge in [-0.25, -0.2) is 0 Å². The molecule has 2 saturated heterocycles. The highest BCUT2D eigenvalue weighted by Gasteiger charge is 2.37. The number of hydrogen-bond donors (Lipinski definition) is 1. The normalized spacial score (nSPS) is 29.4. The Bertz CT molecular complexity index is 421. The standard InChI is InChI=1S/C15H21BrN2/c1-11(12-4-2-5-13(16)10-12)17-14-7-9-18-8-3-6-15(14)18/h2,4-5,10-11,14-15,17H,3,6-9H2,1H3. The van der Waals surface area contributed by atoms with Gasteiger partial charge in [0, 0.05) is 29.1 Å². The van der Waals surface area contributed by atoms with Crippen LogP contribution >= 0.6 is 15.9 Å². The summed E-state index contributed by atoms with van der Waals surface area (Å²) in [5.41, 5.74) is 1.38. The first kappa shape index (κ1) is 12.6. The first-order chi connectivity index (χ1) is 8.74. The van der Waals surface area contributed by atoms with Crippen molar-refractivity contribution in [2.75, 3.05) is 13.1 Å². The fourth-order valence-corrected chi connectivity index (χ4v) is 3.89. The second-order valence-corrected chi connectivity index (χ2v) is 6.50. The van der Waals surface area contributed by atoms with Gasteiger partial charge >= 0.3 is 0 Å². The van der Waals surface area contributed by atoms with Gasteiger partial charge in [0.1, 0.15) is 0 Å². The molecule has 3 rings (SSSR count). The van der Waals surface area contributed by atoms with Crippen LogP contribution in [0.1, 0.15) is 37.8 Å². The summed E-state index contributed by atoms with van der Waals surface area (Å²) in [6, 6.07) is 10.6. The third kappa shape index (κ3) is 2.49. The minimum absolute atomic E-state index is 0.438. The SMILES string of the molecule is CC(NC1CCN2CCCC12)c1cccc(Br)c1. The van der Waals surface area contributed by atoms with Gasteiger partial charge in [-0.05, 0) is 50.4 Å². The van der Waals surface area contributed by atoms with Crippen LogP contribution in [0.15, 0.2) is 28.7 Å². The van der Waals surface area contributed by atoms with Crippen LogP contribution in [-0.2, 0) is 0 Å². The largest absolute Gasteiger partial charge is 0.306 e. The Kier molecular flexibility index (Phi) is 3.73. The minimum atomic E-state index is 0.438. The Balaban J connectivity index is 1.66. The van der Waals surface area contributed by atoms with E-state index in [2.05, 4.69) is 57.3 Å².